The molecule has 1 aromatic carbocycles. The number of amides is 1. The summed E-state index contributed by atoms with van der Waals surface area (Å²) in [5.41, 5.74) is 2.26. The number of nitrogens with one attached hydrogen (secondary N) is 1. The average Bonchev–Trinajstić information content (AvgIpc) is 2.99. The van der Waals surface area contributed by atoms with Crippen LogP contribution in [0.25, 0.3) is 10.9 Å². The largest absolute Gasteiger partial charge is 0.357 e. The van der Waals surface area contributed by atoms with Crippen LogP contribution in [-0.2, 0) is 4.79 Å². The van der Waals surface area contributed by atoms with Gasteiger partial charge in [0, 0.05) is 30.6 Å². The molecule has 1 saturated heterocycles. The second-order valence-electron chi connectivity index (χ2n) is 5.92. The van der Waals surface area contributed by atoms with Crippen molar-refractivity contribution in [2.24, 2.45) is 0 Å². The minimum Gasteiger partial charge on any atom is -0.357 e. The van der Waals surface area contributed by atoms with Crippen LogP contribution in [0, 0.1) is 11.3 Å². The molecule has 1 N–H and O–H groups in total. The number of carbonyl (C=O) groups is 1. The topological polar surface area (TPSA) is 59.9 Å². The van der Waals surface area contributed by atoms with E-state index < -0.39 is 0 Å². The predicted molar refractivity (Wildman–Crippen MR) is 86.1 cm³/mol. The van der Waals surface area contributed by atoms with Gasteiger partial charge in [0.2, 0.25) is 5.91 Å². The molecule has 0 radical (unpaired) electrons. The maximum absolute atomic E-state index is 12.5. The zero-order chi connectivity index (χ0) is 15.4. The molecule has 1 unspecified atom stereocenters. The molecule has 1 aliphatic rings. The van der Waals surface area contributed by atoms with Crippen LogP contribution in [0.3, 0.4) is 0 Å². The van der Waals surface area contributed by atoms with E-state index in [0.29, 0.717) is 19.3 Å². The van der Waals surface area contributed by atoms with Crippen LogP contribution >= 0.6 is 0 Å². The highest BCUT2D eigenvalue weighted by Crippen LogP contribution is 2.32. The van der Waals surface area contributed by atoms with Gasteiger partial charge in [0.05, 0.1) is 12.1 Å². The molecule has 4 nitrogen and oxygen atoms in total. The zero-order valence-corrected chi connectivity index (χ0v) is 12.7. The van der Waals surface area contributed by atoms with E-state index in [2.05, 4.69) is 29.3 Å². The summed E-state index contributed by atoms with van der Waals surface area (Å²) in [6.07, 6.45) is 4.83. The van der Waals surface area contributed by atoms with E-state index in [0.717, 1.165) is 37.0 Å². The summed E-state index contributed by atoms with van der Waals surface area (Å²) in [5.74, 6) is 0.179. The van der Waals surface area contributed by atoms with E-state index in [4.69, 9.17) is 5.26 Å². The number of para-hydroxylation sites is 1. The summed E-state index contributed by atoms with van der Waals surface area (Å²) >= 11 is 0. The van der Waals surface area contributed by atoms with Crippen molar-refractivity contribution in [3.8, 4) is 6.07 Å². The van der Waals surface area contributed by atoms with Crippen LogP contribution in [0.5, 0.6) is 0 Å². The molecular formula is C18H21N3O. The Labute approximate surface area is 130 Å². The molecule has 22 heavy (non-hydrogen) atoms. The minimum atomic E-state index is 0.149. The quantitative estimate of drug-likeness (QED) is 0.869. The van der Waals surface area contributed by atoms with Crippen LogP contribution in [0.1, 0.15) is 50.3 Å². The molecule has 0 saturated carbocycles. The van der Waals surface area contributed by atoms with Crippen molar-refractivity contribution < 1.29 is 4.79 Å². The van der Waals surface area contributed by atoms with E-state index in [1.165, 1.54) is 5.39 Å². The Morgan fingerprint density at radius 1 is 1.36 bits per heavy atom. The normalized spacial score (nSPS) is 18.3. The van der Waals surface area contributed by atoms with Gasteiger partial charge < -0.3 is 9.88 Å². The van der Waals surface area contributed by atoms with Crippen LogP contribution in [0.4, 0.5) is 0 Å². The molecular weight excluding hydrogens is 274 g/mol. The first-order valence-corrected chi connectivity index (χ1v) is 8.03. The number of nitrogens with zero attached hydrogens (tertiary/aromatic N) is 2. The highest BCUT2D eigenvalue weighted by Gasteiger charge is 2.28. The van der Waals surface area contributed by atoms with Crippen LogP contribution < -0.4 is 0 Å². The van der Waals surface area contributed by atoms with Gasteiger partial charge in [-0.3, -0.25) is 4.79 Å². The Morgan fingerprint density at radius 3 is 3.05 bits per heavy atom. The summed E-state index contributed by atoms with van der Waals surface area (Å²) in [7, 11) is 0. The molecule has 0 spiro atoms. The molecule has 1 amide bonds. The van der Waals surface area contributed by atoms with E-state index in [1.54, 1.807) is 0 Å². The molecule has 114 valence electrons. The SMILES string of the molecule is N#CCCCC(=O)N1CCCCC1c1cc2ccccc2[nH]1. The van der Waals surface area contributed by atoms with Gasteiger partial charge in [-0.1, -0.05) is 18.2 Å². The number of aromatic nitrogens is 1. The number of fused-ring (bicyclic) bond motifs is 1. The lowest BCUT2D eigenvalue weighted by Gasteiger charge is -2.35. The van der Waals surface area contributed by atoms with Gasteiger partial charge >= 0.3 is 0 Å². The Kier molecular flexibility index (Phi) is 4.43. The Balaban J connectivity index is 1.80. The Morgan fingerprint density at radius 2 is 2.23 bits per heavy atom. The first-order chi connectivity index (χ1) is 10.8. The highest BCUT2D eigenvalue weighted by atomic mass is 16.2. The van der Waals surface area contributed by atoms with Gasteiger partial charge in [0.1, 0.15) is 0 Å². The van der Waals surface area contributed by atoms with Crippen molar-refractivity contribution in [3.63, 3.8) is 0 Å². The lowest BCUT2D eigenvalue weighted by molar-refractivity contribution is -0.135. The van der Waals surface area contributed by atoms with Gasteiger partial charge in [-0.25, -0.2) is 0 Å². The van der Waals surface area contributed by atoms with Crippen LogP contribution in [0.15, 0.2) is 30.3 Å². The number of benzene rings is 1. The van der Waals surface area contributed by atoms with E-state index >= 15 is 0 Å². The smallest absolute Gasteiger partial charge is 0.223 e. The third kappa shape index (κ3) is 2.99. The Bertz CT molecular complexity index is 665. The number of hydrogen-bond donors (Lipinski definition) is 1. The van der Waals surface area contributed by atoms with Crippen molar-refractivity contribution in [2.75, 3.05) is 6.54 Å². The molecule has 4 heteroatoms. The predicted octanol–water partition coefficient (Wildman–Crippen LogP) is 3.92. The van der Waals surface area contributed by atoms with Gasteiger partial charge in [-0.05, 0) is 43.2 Å². The molecule has 2 heterocycles. The summed E-state index contributed by atoms with van der Waals surface area (Å²) in [4.78, 5) is 18.0. The molecule has 0 bridgehead atoms. The molecule has 0 aliphatic carbocycles. The van der Waals surface area contributed by atoms with Gasteiger partial charge in [-0.2, -0.15) is 5.26 Å². The van der Waals surface area contributed by atoms with E-state index in [9.17, 15) is 4.79 Å². The average molecular weight is 295 g/mol. The van der Waals surface area contributed by atoms with Gasteiger partial charge in [0.25, 0.3) is 0 Å². The number of aromatic amines is 1. The number of H-pyrrole nitrogens is 1. The first kappa shape index (κ1) is 14.6. The number of nitriles is 1. The maximum atomic E-state index is 12.5. The highest BCUT2D eigenvalue weighted by molar-refractivity contribution is 5.81. The van der Waals surface area contributed by atoms with Crippen LogP contribution in [0.2, 0.25) is 0 Å². The number of rotatable bonds is 4. The summed E-state index contributed by atoms with van der Waals surface area (Å²) in [6.45, 7) is 0.825. The van der Waals surface area contributed by atoms with Gasteiger partial charge in [0.15, 0.2) is 0 Å². The number of unbranched alkanes of at least 4 members (excludes halogenated alkanes) is 1. The van der Waals surface area contributed by atoms with E-state index in [-0.39, 0.29) is 11.9 Å². The molecule has 1 aromatic heterocycles. The summed E-state index contributed by atoms with van der Waals surface area (Å²) < 4.78 is 0. The van der Waals surface area contributed by atoms with Crippen molar-refractivity contribution in [1.82, 2.24) is 9.88 Å². The summed E-state index contributed by atoms with van der Waals surface area (Å²) in [6, 6.07) is 12.6. The van der Waals surface area contributed by atoms with Crippen molar-refractivity contribution in [2.45, 2.75) is 44.6 Å². The third-order valence-corrected chi connectivity index (χ3v) is 4.41. The zero-order valence-electron chi connectivity index (χ0n) is 12.7. The second-order valence-corrected chi connectivity index (χ2v) is 5.92. The standard InChI is InChI=1S/C18H21N3O/c19-11-5-3-10-18(22)21-12-6-4-9-17(21)16-13-14-7-1-2-8-15(14)20-16/h1-2,7-8,13,17,20H,3-6,9-10,12H2. The maximum Gasteiger partial charge on any atom is 0.223 e. The lowest BCUT2D eigenvalue weighted by Crippen LogP contribution is -2.38. The number of piperidine rings is 1. The number of hydrogen-bond acceptors (Lipinski definition) is 2. The molecule has 1 aliphatic heterocycles. The van der Waals surface area contributed by atoms with Crippen molar-refractivity contribution in [1.29, 1.82) is 5.26 Å². The Hall–Kier alpha value is -2.28. The van der Waals surface area contributed by atoms with Crippen molar-refractivity contribution in [3.05, 3.63) is 36.0 Å². The third-order valence-electron chi connectivity index (χ3n) is 4.41. The minimum absolute atomic E-state index is 0.149. The summed E-state index contributed by atoms with van der Waals surface area (Å²) in [5, 5.41) is 9.81. The van der Waals surface area contributed by atoms with Gasteiger partial charge in [-0.15, -0.1) is 0 Å². The monoisotopic (exact) mass is 295 g/mol. The number of likely N-dealkylation sites (tertiary alicyclic amines) is 1. The fourth-order valence-electron chi connectivity index (χ4n) is 3.29. The number of carbonyl (C=O) groups excluding carboxylic acids is 1. The van der Waals surface area contributed by atoms with Crippen LogP contribution in [-0.4, -0.2) is 22.3 Å². The molecule has 3 rings (SSSR count). The van der Waals surface area contributed by atoms with Crippen molar-refractivity contribution >= 4 is 16.8 Å². The molecule has 1 fully saturated rings. The molecule has 2 aromatic rings. The second kappa shape index (κ2) is 6.65. The van der Waals surface area contributed by atoms with E-state index in [1.807, 2.05) is 17.0 Å². The fraction of sp³-hybridized carbons (Fsp3) is 0.444. The fourth-order valence-corrected chi connectivity index (χ4v) is 3.29. The molecule has 1 atom stereocenters. The lowest BCUT2D eigenvalue weighted by atomic mass is 9.98. The first-order valence-electron chi connectivity index (χ1n) is 8.03.